The Labute approximate surface area is 227 Å². The van der Waals surface area contributed by atoms with E-state index in [4.69, 9.17) is 21.1 Å². The minimum atomic E-state index is -0.843. The molecule has 38 heavy (non-hydrogen) atoms. The summed E-state index contributed by atoms with van der Waals surface area (Å²) in [6.45, 7) is 0.274. The molecule has 3 atom stereocenters. The zero-order chi connectivity index (χ0) is 27.1. The topological polar surface area (TPSA) is 84.9 Å². The number of aryl methyl sites for hydroxylation is 1. The van der Waals surface area contributed by atoms with E-state index in [1.807, 2.05) is 60.7 Å². The lowest BCUT2D eigenvalue weighted by molar-refractivity contribution is -0.147. The number of hydrogen-bond donors (Lipinski definition) is 1. The number of nitrogens with zero attached hydrogens (tertiary/aromatic N) is 1. The lowest BCUT2D eigenvalue weighted by atomic mass is 9.93. The predicted octanol–water partition coefficient (Wildman–Crippen LogP) is 4.73. The van der Waals surface area contributed by atoms with Crippen molar-refractivity contribution in [2.75, 3.05) is 14.2 Å². The highest BCUT2D eigenvalue weighted by molar-refractivity contribution is 6.30. The van der Waals surface area contributed by atoms with E-state index in [2.05, 4.69) is 5.32 Å². The third-order valence-corrected chi connectivity index (χ3v) is 7.11. The van der Waals surface area contributed by atoms with E-state index in [0.29, 0.717) is 17.0 Å². The summed E-state index contributed by atoms with van der Waals surface area (Å²) in [7, 11) is 2.91. The van der Waals surface area contributed by atoms with E-state index in [-0.39, 0.29) is 31.2 Å². The highest BCUT2D eigenvalue weighted by atomic mass is 35.5. The molecule has 1 heterocycles. The molecule has 1 saturated heterocycles. The average molecular weight is 535 g/mol. The molecule has 1 aliphatic heterocycles. The number of hydrogen-bond acceptors (Lipinski definition) is 5. The molecule has 0 radical (unpaired) electrons. The fourth-order valence-electron chi connectivity index (χ4n) is 4.97. The number of methoxy groups -OCH3 is 2. The van der Waals surface area contributed by atoms with Crippen molar-refractivity contribution in [3.63, 3.8) is 0 Å². The lowest BCUT2D eigenvalue weighted by Crippen LogP contribution is -2.46. The summed E-state index contributed by atoms with van der Waals surface area (Å²) < 4.78 is 10.3. The van der Waals surface area contributed by atoms with Crippen LogP contribution < -0.4 is 10.1 Å². The van der Waals surface area contributed by atoms with Crippen LogP contribution in [0.2, 0.25) is 5.02 Å². The maximum absolute atomic E-state index is 13.8. The molecule has 0 spiro atoms. The second-order valence-corrected chi connectivity index (χ2v) is 9.67. The lowest BCUT2D eigenvalue weighted by Gasteiger charge is -2.31. The molecule has 198 valence electrons. The van der Waals surface area contributed by atoms with E-state index in [1.165, 1.54) is 7.11 Å². The number of halogens is 1. The maximum Gasteiger partial charge on any atom is 0.311 e. The van der Waals surface area contributed by atoms with Gasteiger partial charge in [-0.05, 0) is 53.8 Å². The molecule has 0 saturated carbocycles. The highest BCUT2D eigenvalue weighted by Crippen LogP contribution is 2.43. The first kappa shape index (κ1) is 27.2. The third kappa shape index (κ3) is 6.34. The Bertz CT molecular complexity index is 1270. The van der Waals surface area contributed by atoms with Gasteiger partial charge >= 0.3 is 5.97 Å². The number of nitrogens with one attached hydrogen (secondary N) is 1. The van der Waals surface area contributed by atoms with Crippen molar-refractivity contribution in [3.8, 4) is 5.75 Å². The average Bonchev–Trinajstić information content (AvgIpc) is 3.36. The molecular weight excluding hydrogens is 504 g/mol. The van der Waals surface area contributed by atoms with Gasteiger partial charge in [-0.25, -0.2) is 0 Å². The second-order valence-electron chi connectivity index (χ2n) is 9.23. The summed E-state index contributed by atoms with van der Waals surface area (Å²) in [5, 5.41) is 3.43. The van der Waals surface area contributed by atoms with E-state index >= 15 is 0 Å². The van der Waals surface area contributed by atoms with Gasteiger partial charge in [0.05, 0.1) is 26.2 Å². The predicted molar refractivity (Wildman–Crippen MR) is 145 cm³/mol. The Kier molecular flexibility index (Phi) is 9.02. The molecule has 1 N–H and O–H groups in total. The Hall–Kier alpha value is -3.84. The van der Waals surface area contributed by atoms with Crippen LogP contribution in [-0.4, -0.2) is 42.9 Å². The third-order valence-electron chi connectivity index (χ3n) is 6.87. The van der Waals surface area contributed by atoms with Crippen LogP contribution >= 0.6 is 11.6 Å². The van der Waals surface area contributed by atoms with Crippen LogP contribution in [0.5, 0.6) is 5.75 Å². The summed E-state index contributed by atoms with van der Waals surface area (Å²) in [4.78, 5) is 41.7. The monoisotopic (exact) mass is 534 g/mol. The minimum absolute atomic E-state index is 0.148. The van der Waals surface area contributed by atoms with Crippen molar-refractivity contribution >= 4 is 29.4 Å². The molecule has 1 aliphatic rings. The summed E-state index contributed by atoms with van der Waals surface area (Å²) in [5.41, 5.74) is 2.59. The number of carbonyl (C=O) groups excluding carboxylic acids is 3. The van der Waals surface area contributed by atoms with Gasteiger partial charge in [-0.15, -0.1) is 0 Å². The molecule has 7 nitrogen and oxygen atoms in total. The smallest absolute Gasteiger partial charge is 0.311 e. The van der Waals surface area contributed by atoms with Gasteiger partial charge in [0.1, 0.15) is 11.8 Å². The number of carbonyl (C=O) groups is 3. The van der Waals surface area contributed by atoms with Crippen LogP contribution in [0.25, 0.3) is 0 Å². The van der Waals surface area contributed by atoms with Gasteiger partial charge in [-0.3, -0.25) is 14.4 Å². The van der Waals surface area contributed by atoms with Gasteiger partial charge in [-0.2, -0.15) is 0 Å². The first-order valence-corrected chi connectivity index (χ1v) is 12.9. The molecule has 0 bridgehead atoms. The molecule has 3 unspecified atom stereocenters. The first-order chi connectivity index (χ1) is 18.4. The van der Waals surface area contributed by atoms with Crippen LogP contribution in [0.4, 0.5) is 0 Å². The van der Waals surface area contributed by atoms with Gasteiger partial charge in [0, 0.05) is 18.0 Å². The number of amides is 2. The van der Waals surface area contributed by atoms with Gasteiger partial charge in [0.15, 0.2) is 0 Å². The first-order valence-electron chi connectivity index (χ1n) is 12.5. The van der Waals surface area contributed by atoms with Crippen molar-refractivity contribution in [2.24, 2.45) is 5.92 Å². The van der Waals surface area contributed by atoms with Crippen molar-refractivity contribution in [2.45, 2.75) is 37.9 Å². The van der Waals surface area contributed by atoms with Crippen LogP contribution in [0, 0.1) is 5.92 Å². The molecule has 2 amide bonds. The summed E-state index contributed by atoms with van der Waals surface area (Å²) in [6, 6.07) is 22.6. The zero-order valence-corrected chi connectivity index (χ0v) is 22.2. The molecule has 3 aromatic rings. The number of likely N-dealkylation sites (tertiary alicyclic amines) is 1. The van der Waals surface area contributed by atoms with Gasteiger partial charge in [-0.1, -0.05) is 66.2 Å². The van der Waals surface area contributed by atoms with Crippen molar-refractivity contribution in [1.82, 2.24) is 10.2 Å². The summed E-state index contributed by atoms with van der Waals surface area (Å²) in [5.74, 6) is -1.00. The van der Waals surface area contributed by atoms with Crippen molar-refractivity contribution < 1.29 is 23.9 Å². The SMILES string of the molecule is COC(=O)C1CC(C(=O)NCc2ccc(OC)cc2)N(C(=O)CCc2ccccc2)C1c1cccc(Cl)c1. The van der Waals surface area contributed by atoms with Crippen LogP contribution in [0.1, 0.15) is 35.6 Å². The normalized spacial score (nSPS) is 18.6. The number of ether oxygens (including phenoxy) is 2. The van der Waals surface area contributed by atoms with Crippen molar-refractivity contribution in [3.05, 3.63) is 101 Å². The fraction of sp³-hybridized carbons (Fsp3) is 0.300. The number of benzene rings is 3. The highest BCUT2D eigenvalue weighted by Gasteiger charge is 2.50. The van der Waals surface area contributed by atoms with E-state index < -0.39 is 24.0 Å². The largest absolute Gasteiger partial charge is 0.497 e. The van der Waals surface area contributed by atoms with Crippen LogP contribution in [-0.2, 0) is 32.1 Å². The quantitative estimate of drug-likeness (QED) is 0.401. The minimum Gasteiger partial charge on any atom is -0.497 e. The molecule has 8 heteroatoms. The molecular formula is C30H31ClN2O5. The Morgan fingerprint density at radius 2 is 1.68 bits per heavy atom. The standard InChI is InChI=1S/C30H31ClN2O5/c1-37-24-14-11-21(12-15-24)19-32-29(35)26-18-25(30(36)38-2)28(22-9-6-10-23(31)17-22)33(26)27(34)16-13-20-7-4-3-5-8-20/h3-12,14-15,17,25-26,28H,13,16,18-19H2,1-2H3,(H,32,35). The maximum atomic E-state index is 13.8. The van der Waals surface area contributed by atoms with E-state index in [0.717, 1.165) is 16.9 Å². The molecule has 0 aliphatic carbocycles. The Balaban J connectivity index is 1.62. The van der Waals surface area contributed by atoms with Gasteiger partial charge in [0.2, 0.25) is 11.8 Å². The van der Waals surface area contributed by atoms with Gasteiger partial charge in [0.25, 0.3) is 0 Å². The van der Waals surface area contributed by atoms with Crippen LogP contribution in [0.3, 0.4) is 0 Å². The number of esters is 1. The van der Waals surface area contributed by atoms with E-state index in [1.54, 1.807) is 30.2 Å². The summed E-state index contributed by atoms with van der Waals surface area (Å²) in [6.07, 6.45) is 0.855. The number of rotatable bonds is 9. The summed E-state index contributed by atoms with van der Waals surface area (Å²) >= 11 is 6.28. The van der Waals surface area contributed by atoms with Gasteiger partial charge < -0.3 is 19.7 Å². The van der Waals surface area contributed by atoms with Crippen molar-refractivity contribution in [1.29, 1.82) is 0 Å². The molecule has 0 aromatic heterocycles. The molecule has 4 rings (SSSR count). The fourth-order valence-corrected chi connectivity index (χ4v) is 5.17. The van der Waals surface area contributed by atoms with Crippen LogP contribution in [0.15, 0.2) is 78.9 Å². The molecule has 1 fully saturated rings. The second kappa shape index (κ2) is 12.6. The Morgan fingerprint density at radius 3 is 2.34 bits per heavy atom. The Morgan fingerprint density at radius 1 is 0.947 bits per heavy atom. The molecule has 3 aromatic carbocycles. The van der Waals surface area contributed by atoms with E-state index in [9.17, 15) is 14.4 Å². The zero-order valence-electron chi connectivity index (χ0n) is 21.4.